The van der Waals surface area contributed by atoms with Crippen molar-refractivity contribution in [3.63, 3.8) is 0 Å². The van der Waals surface area contributed by atoms with Crippen LogP contribution in [0.15, 0.2) is 34.9 Å². The Morgan fingerprint density at radius 2 is 1.82 bits per heavy atom. The van der Waals surface area contributed by atoms with Gasteiger partial charge in [-0.2, -0.15) is 4.31 Å². The average Bonchev–Trinajstić information content (AvgIpc) is 2.72. The molecular weight excluding hydrogens is 392 g/mol. The van der Waals surface area contributed by atoms with Crippen molar-refractivity contribution in [3.05, 3.63) is 30.0 Å². The van der Waals surface area contributed by atoms with Gasteiger partial charge in [0.2, 0.25) is 10.0 Å². The molecule has 1 saturated heterocycles. The summed E-state index contributed by atoms with van der Waals surface area (Å²) < 4.78 is 46.6. The summed E-state index contributed by atoms with van der Waals surface area (Å²) in [6, 6.07) is 4.16. The quantitative estimate of drug-likeness (QED) is 0.498. The Hall–Kier alpha value is -2.63. The highest BCUT2D eigenvalue weighted by molar-refractivity contribution is 7.89. The van der Waals surface area contributed by atoms with Crippen LogP contribution in [-0.4, -0.2) is 72.3 Å². The van der Waals surface area contributed by atoms with Crippen molar-refractivity contribution in [1.29, 1.82) is 0 Å². The second-order valence-electron chi connectivity index (χ2n) is 5.58. The zero-order valence-electron chi connectivity index (χ0n) is 15.8. The molecule has 0 spiro atoms. The number of ether oxygens (including phenoxy) is 4. The van der Waals surface area contributed by atoms with E-state index in [1.165, 1.54) is 29.6 Å². The molecule has 0 saturated carbocycles. The lowest BCUT2D eigenvalue weighted by Crippen LogP contribution is -2.40. The first kappa shape index (κ1) is 21.7. The molecule has 0 amide bonds. The fourth-order valence-electron chi connectivity index (χ4n) is 2.46. The normalized spacial score (nSPS) is 15.6. The molecule has 1 aromatic carbocycles. The third kappa shape index (κ3) is 5.00. The molecule has 0 bridgehead atoms. The van der Waals surface area contributed by atoms with Gasteiger partial charge in [-0.25, -0.2) is 18.0 Å². The van der Waals surface area contributed by atoms with Crippen LogP contribution in [0.5, 0.6) is 5.75 Å². The Bertz CT molecular complexity index is 860. The van der Waals surface area contributed by atoms with Gasteiger partial charge in [0.15, 0.2) is 0 Å². The minimum absolute atomic E-state index is 0.0000149. The number of sulfonamides is 1. The summed E-state index contributed by atoms with van der Waals surface area (Å²) in [4.78, 5) is 23.5. The molecule has 154 valence electrons. The van der Waals surface area contributed by atoms with E-state index in [0.29, 0.717) is 13.2 Å². The number of carbonyl (C=O) groups excluding carboxylic acids is 2. The van der Waals surface area contributed by atoms with E-state index >= 15 is 0 Å². The van der Waals surface area contributed by atoms with Crippen molar-refractivity contribution >= 4 is 27.6 Å². The number of hydrogen-bond donors (Lipinski definition) is 1. The molecule has 10 nitrogen and oxygen atoms in total. The number of hydrogen-bond acceptors (Lipinski definition) is 9. The second kappa shape index (κ2) is 9.53. The maximum Gasteiger partial charge on any atom is 0.354 e. The molecule has 2 rings (SSSR count). The van der Waals surface area contributed by atoms with E-state index in [4.69, 9.17) is 9.47 Å². The summed E-state index contributed by atoms with van der Waals surface area (Å²) in [5.41, 5.74) is -0.0778. The summed E-state index contributed by atoms with van der Waals surface area (Å²) in [6.45, 7) is 1.11. The zero-order valence-corrected chi connectivity index (χ0v) is 16.6. The summed E-state index contributed by atoms with van der Waals surface area (Å²) in [6.07, 6.45) is 0.897. The highest BCUT2D eigenvalue weighted by atomic mass is 32.2. The molecule has 0 aromatic heterocycles. The fourth-order valence-corrected chi connectivity index (χ4v) is 3.89. The van der Waals surface area contributed by atoms with Crippen LogP contribution in [0.1, 0.15) is 0 Å². The number of nitrogens with one attached hydrogen (secondary N) is 1. The predicted molar refractivity (Wildman–Crippen MR) is 98.3 cm³/mol. The van der Waals surface area contributed by atoms with E-state index < -0.39 is 22.0 Å². The number of anilines is 1. The molecular formula is C17H22N2O8S. The van der Waals surface area contributed by atoms with Crippen molar-refractivity contribution in [1.82, 2.24) is 4.31 Å². The van der Waals surface area contributed by atoms with E-state index in [1.54, 1.807) is 0 Å². The van der Waals surface area contributed by atoms with E-state index in [1.807, 2.05) is 0 Å². The van der Waals surface area contributed by atoms with Crippen molar-refractivity contribution in [2.24, 2.45) is 0 Å². The lowest BCUT2D eigenvalue weighted by molar-refractivity contribution is -0.138. The van der Waals surface area contributed by atoms with Crippen LogP contribution in [0, 0.1) is 0 Å². The van der Waals surface area contributed by atoms with Crippen LogP contribution >= 0.6 is 0 Å². The molecule has 0 aliphatic carbocycles. The number of nitrogens with zero attached hydrogens (tertiary/aromatic N) is 1. The summed E-state index contributed by atoms with van der Waals surface area (Å²) >= 11 is 0. The Balaban J connectivity index is 2.42. The van der Waals surface area contributed by atoms with E-state index in [-0.39, 0.29) is 35.1 Å². The molecule has 1 aliphatic rings. The largest absolute Gasteiger partial charge is 0.495 e. The monoisotopic (exact) mass is 414 g/mol. The number of methoxy groups -OCH3 is 3. The second-order valence-corrected chi connectivity index (χ2v) is 7.51. The van der Waals surface area contributed by atoms with E-state index in [9.17, 15) is 18.0 Å². The summed E-state index contributed by atoms with van der Waals surface area (Å²) in [5, 5.41) is 2.68. The Kier molecular flexibility index (Phi) is 7.38. The first-order valence-corrected chi connectivity index (χ1v) is 9.68. The molecule has 1 N–H and O–H groups in total. The molecule has 28 heavy (non-hydrogen) atoms. The highest BCUT2D eigenvalue weighted by Crippen LogP contribution is 2.30. The minimum Gasteiger partial charge on any atom is -0.495 e. The number of benzene rings is 1. The van der Waals surface area contributed by atoms with Gasteiger partial charge in [-0.15, -0.1) is 0 Å². The van der Waals surface area contributed by atoms with Crippen LogP contribution in [0.2, 0.25) is 0 Å². The van der Waals surface area contributed by atoms with E-state index in [2.05, 4.69) is 14.8 Å². The maximum atomic E-state index is 12.9. The van der Waals surface area contributed by atoms with Gasteiger partial charge in [-0.05, 0) is 18.2 Å². The molecule has 0 atom stereocenters. The van der Waals surface area contributed by atoms with Gasteiger partial charge in [0.1, 0.15) is 11.4 Å². The van der Waals surface area contributed by atoms with Gasteiger partial charge in [0, 0.05) is 13.1 Å². The average molecular weight is 414 g/mol. The van der Waals surface area contributed by atoms with Crippen molar-refractivity contribution in [2.75, 3.05) is 52.9 Å². The maximum absolute atomic E-state index is 12.9. The Morgan fingerprint density at radius 3 is 2.39 bits per heavy atom. The van der Waals surface area contributed by atoms with Crippen LogP contribution < -0.4 is 10.1 Å². The molecule has 11 heteroatoms. The Labute approximate surface area is 163 Å². The predicted octanol–water partition coefficient (Wildman–Crippen LogP) is 0.358. The number of morpholine rings is 1. The van der Waals surface area contributed by atoms with Gasteiger partial charge in [-0.1, -0.05) is 0 Å². The molecule has 1 heterocycles. The van der Waals surface area contributed by atoms with Gasteiger partial charge in [-0.3, -0.25) is 0 Å². The standard InChI is InChI=1S/C17H22N2O8S/c1-24-15-5-4-12(28(22,23)19-6-8-27-9-7-19)10-13(15)18-14(17(21)26-3)11-16(20)25-2/h4-5,10-11,18H,6-9H2,1-3H3/b14-11+. The number of rotatable bonds is 7. The van der Waals surface area contributed by atoms with Gasteiger partial charge in [0.25, 0.3) is 0 Å². The van der Waals surface area contributed by atoms with Gasteiger partial charge in [0.05, 0.1) is 51.2 Å². The fraction of sp³-hybridized carbons (Fsp3) is 0.412. The summed E-state index contributed by atoms with van der Waals surface area (Å²) in [5.74, 6) is -1.36. The smallest absolute Gasteiger partial charge is 0.354 e. The zero-order chi connectivity index (χ0) is 20.7. The van der Waals surface area contributed by atoms with Crippen molar-refractivity contribution < 1.29 is 37.0 Å². The van der Waals surface area contributed by atoms with Crippen LogP contribution in [-0.2, 0) is 33.8 Å². The summed E-state index contributed by atoms with van der Waals surface area (Å²) in [7, 11) is -0.0798. The highest BCUT2D eigenvalue weighted by Gasteiger charge is 2.27. The van der Waals surface area contributed by atoms with Crippen molar-refractivity contribution in [3.8, 4) is 5.75 Å². The van der Waals surface area contributed by atoms with Crippen LogP contribution in [0.25, 0.3) is 0 Å². The van der Waals surface area contributed by atoms with Gasteiger partial charge < -0.3 is 24.3 Å². The first-order valence-electron chi connectivity index (χ1n) is 8.24. The third-order valence-corrected chi connectivity index (χ3v) is 5.81. The molecule has 1 fully saturated rings. The van der Waals surface area contributed by atoms with Crippen LogP contribution in [0.3, 0.4) is 0 Å². The first-order chi connectivity index (χ1) is 13.3. The SMILES string of the molecule is COC(=O)/C=C(/Nc1cc(S(=O)(=O)N2CCOCC2)ccc1OC)C(=O)OC. The Morgan fingerprint density at radius 1 is 1.14 bits per heavy atom. The molecule has 0 unspecified atom stereocenters. The van der Waals surface area contributed by atoms with Gasteiger partial charge >= 0.3 is 11.9 Å². The minimum atomic E-state index is -3.77. The lowest BCUT2D eigenvalue weighted by atomic mass is 10.2. The molecule has 1 aromatic rings. The lowest BCUT2D eigenvalue weighted by Gasteiger charge is -2.26. The topological polar surface area (TPSA) is 120 Å². The molecule has 0 radical (unpaired) electrons. The number of esters is 2. The van der Waals surface area contributed by atoms with E-state index in [0.717, 1.165) is 20.3 Å². The van der Waals surface area contributed by atoms with Crippen molar-refractivity contribution in [2.45, 2.75) is 4.90 Å². The molecule has 1 aliphatic heterocycles. The van der Waals surface area contributed by atoms with Crippen LogP contribution in [0.4, 0.5) is 5.69 Å². The third-order valence-electron chi connectivity index (χ3n) is 3.92. The number of carbonyl (C=O) groups is 2.